The minimum atomic E-state index is -0.587. The van der Waals surface area contributed by atoms with Gasteiger partial charge in [-0.2, -0.15) is 0 Å². The first kappa shape index (κ1) is 36.5. The van der Waals surface area contributed by atoms with Gasteiger partial charge in [0.1, 0.15) is 5.69 Å². The van der Waals surface area contributed by atoms with Gasteiger partial charge in [0.05, 0.1) is 11.2 Å². The van der Waals surface area contributed by atoms with Crippen LogP contribution in [-0.4, -0.2) is 51.2 Å². The molecule has 3 amide bonds. The van der Waals surface area contributed by atoms with Crippen molar-refractivity contribution in [2.45, 2.75) is 79.7 Å². The molecule has 1 aromatic carbocycles. The van der Waals surface area contributed by atoms with Gasteiger partial charge in [-0.25, -0.2) is 9.78 Å². The molecule has 2 aromatic heterocycles. The molecular weight excluding hydrogens is 728 g/mol. The number of imide groups is 1. The summed E-state index contributed by atoms with van der Waals surface area (Å²) in [5.74, 6) is 2.06. The van der Waals surface area contributed by atoms with Gasteiger partial charge in [0.25, 0.3) is 5.89 Å². The molecule has 4 rings (SSSR count). The van der Waals surface area contributed by atoms with E-state index in [0.717, 1.165) is 28.5 Å². The second kappa shape index (κ2) is 18.2. The van der Waals surface area contributed by atoms with Crippen molar-refractivity contribution in [3.8, 4) is 17.3 Å². The van der Waals surface area contributed by atoms with Crippen LogP contribution in [0, 0.1) is 5.92 Å². The van der Waals surface area contributed by atoms with E-state index < -0.39 is 11.6 Å². The largest absolute Gasteiger partial charge is 0.402 e. The summed E-state index contributed by atoms with van der Waals surface area (Å²) in [6.45, 7) is 15.1. The molecule has 1 aliphatic rings. The normalized spacial score (nSPS) is 13.3. The molecule has 0 bridgehead atoms. The van der Waals surface area contributed by atoms with E-state index in [4.69, 9.17) is 9.15 Å². The number of nitrogens with one attached hydrogen (secondary N) is 3. The van der Waals surface area contributed by atoms with Gasteiger partial charge in [-0.3, -0.25) is 10.1 Å². The molecule has 10 nitrogen and oxygen atoms in total. The minimum Gasteiger partial charge on any atom is -0.402 e. The first-order valence-corrected chi connectivity index (χ1v) is 16.8. The summed E-state index contributed by atoms with van der Waals surface area (Å²) < 4.78 is 13.0. The maximum Gasteiger partial charge on any atom is 0.321 e. The van der Waals surface area contributed by atoms with Crippen LogP contribution in [0.25, 0.3) is 17.7 Å². The summed E-state index contributed by atoms with van der Waals surface area (Å²) in [7, 11) is 1.72. The van der Waals surface area contributed by atoms with Crippen molar-refractivity contribution in [3.63, 3.8) is 0 Å². The van der Waals surface area contributed by atoms with Gasteiger partial charge in [0, 0.05) is 6.54 Å². The van der Waals surface area contributed by atoms with E-state index in [0.29, 0.717) is 43.4 Å². The zero-order valence-electron chi connectivity index (χ0n) is 27.1. The van der Waals surface area contributed by atoms with Crippen LogP contribution in [0.4, 0.5) is 10.8 Å². The third-order valence-electron chi connectivity index (χ3n) is 7.42. The molecule has 0 fully saturated rings. The Hall–Kier alpha value is -3.65. The first-order valence-electron chi connectivity index (χ1n) is 15.1. The minimum absolute atomic E-state index is 0.345. The zero-order chi connectivity index (χ0) is 32.7. The Morgan fingerprint density at radius 3 is 2.55 bits per heavy atom. The van der Waals surface area contributed by atoms with E-state index in [1.807, 2.05) is 52.8 Å². The number of carbonyl (C=O) groups is 2. The predicted molar refractivity (Wildman–Crippen MR) is 172 cm³/mol. The maximum atomic E-state index is 11.8. The molecule has 3 aromatic rings. The topological polar surface area (TPSA) is 131 Å². The van der Waals surface area contributed by atoms with E-state index in [1.165, 1.54) is 43.3 Å². The summed E-state index contributed by atoms with van der Waals surface area (Å²) >= 11 is 1.49. The van der Waals surface area contributed by atoms with Crippen molar-refractivity contribution < 1.29 is 38.1 Å². The summed E-state index contributed by atoms with van der Waals surface area (Å²) in [4.78, 5) is 26.9. The van der Waals surface area contributed by atoms with Crippen LogP contribution in [0.5, 0.6) is 5.75 Å². The molecule has 0 saturated carbocycles. The Kier molecular flexibility index (Phi) is 15.1. The van der Waals surface area contributed by atoms with Crippen molar-refractivity contribution in [2.75, 3.05) is 19.0 Å². The molecule has 0 spiro atoms. The molecule has 44 heavy (non-hydrogen) atoms. The number of urea groups is 1. The number of pyridine rings is 1. The number of aromatic nitrogens is 3. The molecular formula is C33H46N6O4W. The number of methoxy groups -OCH3 is 1. The average molecular weight is 775 g/mol. The van der Waals surface area contributed by atoms with Crippen molar-refractivity contribution in [3.05, 3.63) is 58.3 Å². The number of hydrogen-bond acceptors (Lipinski definition) is 8. The van der Waals surface area contributed by atoms with E-state index in [9.17, 15) is 9.59 Å². The number of rotatable bonds is 12. The van der Waals surface area contributed by atoms with Crippen LogP contribution in [0.1, 0.15) is 83.7 Å². The van der Waals surface area contributed by atoms with Gasteiger partial charge in [-0.15, -0.1) is 5.10 Å². The number of anilines is 1. The fourth-order valence-electron chi connectivity index (χ4n) is 4.47. The van der Waals surface area contributed by atoms with Crippen molar-refractivity contribution in [1.82, 2.24) is 25.8 Å². The number of nitrogens with zero attached hydrogens (tertiary/aromatic N) is 3. The molecule has 238 valence electrons. The smallest absolute Gasteiger partial charge is 0.321 e. The van der Waals surface area contributed by atoms with E-state index in [-0.39, 0.29) is 0 Å². The van der Waals surface area contributed by atoms with E-state index in [1.54, 1.807) is 7.11 Å². The third-order valence-corrected chi connectivity index (χ3v) is 8.33. The fourth-order valence-corrected chi connectivity index (χ4v) is 5.26. The van der Waals surface area contributed by atoms with Gasteiger partial charge in [0.2, 0.25) is 6.41 Å². The van der Waals surface area contributed by atoms with Crippen LogP contribution in [0.2, 0.25) is 0 Å². The van der Waals surface area contributed by atoms with Crippen molar-refractivity contribution in [1.29, 1.82) is 0 Å². The van der Waals surface area contributed by atoms with Crippen LogP contribution < -0.4 is 20.7 Å². The second-order valence-corrected chi connectivity index (χ2v) is 11.2. The third kappa shape index (κ3) is 9.94. The Labute approximate surface area is 272 Å². The molecule has 11 heteroatoms. The quantitative estimate of drug-likeness (QED) is 0.188. The molecule has 0 aliphatic heterocycles. The number of carbonyl (C=O) groups excluding carboxylic acids is 2. The van der Waals surface area contributed by atoms with Crippen molar-refractivity contribution in [2.24, 2.45) is 5.92 Å². The van der Waals surface area contributed by atoms with Crippen LogP contribution in [0.3, 0.4) is 0 Å². The summed E-state index contributed by atoms with van der Waals surface area (Å²) in [6.07, 6.45) is 6.07. The Morgan fingerprint density at radius 2 is 1.93 bits per heavy atom. The zero-order valence-corrected chi connectivity index (χ0v) is 30.0. The van der Waals surface area contributed by atoms with Gasteiger partial charge in [0.15, 0.2) is 0 Å². The Bertz CT molecular complexity index is 1420. The summed E-state index contributed by atoms with van der Waals surface area (Å²) in [5, 5.41) is 15.9. The number of benzene rings is 1. The molecule has 1 unspecified atom stereocenters. The van der Waals surface area contributed by atoms with Crippen LogP contribution in [-0.2, 0) is 37.0 Å². The summed E-state index contributed by atoms with van der Waals surface area (Å²) in [6, 6.07) is 10.0. The molecule has 0 saturated heterocycles. The summed E-state index contributed by atoms with van der Waals surface area (Å²) in [5.41, 5.74) is 5.67. The number of fused-ring (bicyclic) bond motifs is 1. The molecule has 1 aliphatic carbocycles. The van der Waals surface area contributed by atoms with Crippen molar-refractivity contribution >= 4 is 28.9 Å². The molecule has 2 atom stereocenters. The van der Waals surface area contributed by atoms with Crippen LogP contribution >= 0.6 is 0 Å². The number of amides is 3. The van der Waals surface area contributed by atoms with E-state index in [2.05, 4.69) is 67.6 Å². The van der Waals surface area contributed by atoms with Gasteiger partial charge in [-0.1, -0.05) is 31.9 Å². The van der Waals surface area contributed by atoms with Gasteiger partial charge < -0.3 is 15.1 Å². The van der Waals surface area contributed by atoms with Crippen LogP contribution in [0.15, 0.2) is 40.3 Å². The monoisotopic (exact) mass is 774 g/mol. The first-order chi connectivity index (χ1) is 21.2. The fraction of sp³-hybridized carbons (Fsp3) is 0.455. The molecule has 3 N–H and O–H groups in total. The van der Waals surface area contributed by atoms with E-state index >= 15 is 0 Å². The second-order valence-electron chi connectivity index (χ2n) is 10.3. The van der Waals surface area contributed by atoms with Gasteiger partial charge in [-0.05, 0) is 50.0 Å². The standard InChI is InChI=1S/C18H22N6O3.C13H18O.C2H6.W/c1-4-18(3,22-16(26)20-10-25)12-8-11-6-7-13(21-14(11)9-12)15-23-24-17(27-15)19-5-2;1-5-10(2)8-12-6-7-13(14-4)9-11(12)3;1-2;/h6-7,9-10H,4-5,8H2,1-3H3,(H,19,24)(H2,20,22,25,26);3,6-7,9-10H,5,8H2,1-2,4H3;1-2H3;/t18-;;;/m0.../s1. The predicted octanol–water partition coefficient (Wildman–Crippen LogP) is 6.13. The average Bonchev–Trinajstić information content (AvgIpc) is 3.70. The maximum absolute atomic E-state index is 11.8. The SMILES string of the molecule is CC.CCC(C)Cc1ccc(OC)cc1[CH]=[W].CCNc1nnc(-c2ccc3c(n2)C=C([C@](C)(CC)NC(=O)NC=O)C3)o1. The Balaban J connectivity index is 0.000000337. The van der Waals surface area contributed by atoms with Gasteiger partial charge >= 0.3 is 115 Å². The number of ether oxygens (including phenoxy) is 1. The number of hydrogen-bond donors (Lipinski definition) is 3. The molecule has 2 heterocycles. The Morgan fingerprint density at radius 1 is 1.18 bits per heavy atom. The molecule has 0 radical (unpaired) electrons.